The number of carbonyl (C=O) groups is 2. The standard InChI is InChI=1S/C20H20ClN3O3/c21-16-3-1-2-14(10-16)15-4-5-18(22-11-15)23-19(25)9-13-6-7-24-17(8-13)12-27-20(24)26/h1-5,10-11,13,17H,6-9,12H2,(H,22,23,25). The third kappa shape index (κ3) is 4.06. The maximum atomic E-state index is 12.4. The average Bonchev–Trinajstić information content (AvgIpc) is 3.02. The summed E-state index contributed by atoms with van der Waals surface area (Å²) in [6, 6.07) is 11.4. The number of nitrogens with zero attached hydrogens (tertiary/aromatic N) is 2. The van der Waals surface area contributed by atoms with Gasteiger partial charge in [0.15, 0.2) is 0 Å². The highest BCUT2D eigenvalue weighted by molar-refractivity contribution is 6.30. The van der Waals surface area contributed by atoms with Crippen LogP contribution >= 0.6 is 11.6 Å². The predicted molar refractivity (Wildman–Crippen MR) is 102 cm³/mol. The first-order valence-corrected chi connectivity index (χ1v) is 9.41. The number of amides is 2. The zero-order valence-corrected chi connectivity index (χ0v) is 15.5. The van der Waals surface area contributed by atoms with Crippen LogP contribution in [0, 0.1) is 5.92 Å². The van der Waals surface area contributed by atoms with Gasteiger partial charge >= 0.3 is 6.09 Å². The molecule has 7 heteroatoms. The molecule has 2 fully saturated rings. The lowest BCUT2D eigenvalue weighted by Gasteiger charge is -2.32. The van der Waals surface area contributed by atoms with Crippen molar-refractivity contribution in [1.82, 2.24) is 9.88 Å². The molecule has 2 aromatic rings. The van der Waals surface area contributed by atoms with Gasteiger partial charge in [0.05, 0.1) is 6.04 Å². The molecule has 27 heavy (non-hydrogen) atoms. The Morgan fingerprint density at radius 2 is 2.19 bits per heavy atom. The van der Waals surface area contributed by atoms with Gasteiger partial charge in [-0.3, -0.25) is 4.79 Å². The van der Waals surface area contributed by atoms with Crippen molar-refractivity contribution >= 4 is 29.4 Å². The van der Waals surface area contributed by atoms with Crippen LogP contribution in [0.1, 0.15) is 19.3 Å². The molecule has 2 atom stereocenters. The van der Waals surface area contributed by atoms with Crippen molar-refractivity contribution in [2.24, 2.45) is 5.92 Å². The number of benzene rings is 1. The van der Waals surface area contributed by atoms with Crippen molar-refractivity contribution in [1.29, 1.82) is 0 Å². The molecule has 0 saturated carbocycles. The minimum Gasteiger partial charge on any atom is -0.447 e. The molecular formula is C20H20ClN3O3. The summed E-state index contributed by atoms with van der Waals surface area (Å²) in [4.78, 5) is 30.0. The molecule has 0 aliphatic carbocycles. The number of aromatic nitrogens is 1. The number of halogens is 1. The largest absolute Gasteiger partial charge is 0.447 e. The van der Waals surface area contributed by atoms with Crippen molar-refractivity contribution in [3.8, 4) is 11.1 Å². The molecule has 1 aromatic carbocycles. The summed E-state index contributed by atoms with van der Waals surface area (Å²) in [7, 11) is 0. The number of carbonyl (C=O) groups excluding carboxylic acids is 2. The van der Waals surface area contributed by atoms with Gasteiger partial charge in [-0.25, -0.2) is 9.78 Å². The fourth-order valence-corrected chi connectivity index (χ4v) is 3.92. The number of nitrogens with one attached hydrogen (secondary N) is 1. The Morgan fingerprint density at radius 3 is 2.96 bits per heavy atom. The van der Waals surface area contributed by atoms with Crippen LogP contribution in [-0.4, -0.2) is 41.1 Å². The minimum atomic E-state index is -0.230. The van der Waals surface area contributed by atoms with Crippen LogP contribution in [0.3, 0.4) is 0 Å². The zero-order chi connectivity index (χ0) is 18.8. The average molecular weight is 386 g/mol. The van der Waals surface area contributed by atoms with Crippen LogP contribution in [0.5, 0.6) is 0 Å². The second kappa shape index (κ2) is 7.56. The Labute approximate surface area is 162 Å². The predicted octanol–water partition coefficient (Wildman–Crippen LogP) is 3.96. The number of fused-ring (bicyclic) bond motifs is 1. The van der Waals surface area contributed by atoms with Gasteiger partial charge in [0.25, 0.3) is 0 Å². The summed E-state index contributed by atoms with van der Waals surface area (Å²) in [6.07, 6.45) is 3.55. The van der Waals surface area contributed by atoms with Gasteiger partial charge in [-0.2, -0.15) is 0 Å². The van der Waals surface area contributed by atoms with E-state index >= 15 is 0 Å². The van der Waals surface area contributed by atoms with E-state index in [-0.39, 0.29) is 24.0 Å². The third-order valence-corrected chi connectivity index (χ3v) is 5.36. The fraction of sp³-hybridized carbons (Fsp3) is 0.350. The van der Waals surface area contributed by atoms with Gasteiger partial charge in [-0.1, -0.05) is 23.7 Å². The molecule has 2 aliphatic rings. The third-order valence-electron chi connectivity index (χ3n) is 5.12. The highest BCUT2D eigenvalue weighted by Gasteiger charge is 2.38. The highest BCUT2D eigenvalue weighted by atomic mass is 35.5. The molecule has 4 rings (SSSR count). The Balaban J connectivity index is 1.33. The Bertz CT molecular complexity index is 856. The van der Waals surface area contributed by atoms with Crippen molar-refractivity contribution in [3.63, 3.8) is 0 Å². The van der Waals surface area contributed by atoms with Gasteiger partial charge < -0.3 is 15.0 Å². The summed E-state index contributed by atoms with van der Waals surface area (Å²) in [5.41, 5.74) is 1.92. The molecule has 1 N–H and O–H groups in total. The molecule has 6 nitrogen and oxygen atoms in total. The number of ether oxygens (including phenoxy) is 1. The summed E-state index contributed by atoms with van der Waals surface area (Å²) < 4.78 is 5.07. The molecule has 3 heterocycles. The van der Waals surface area contributed by atoms with E-state index in [0.717, 1.165) is 24.0 Å². The van der Waals surface area contributed by atoms with Gasteiger partial charge in [-0.15, -0.1) is 0 Å². The molecule has 0 spiro atoms. The van der Waals surface area contributed by atoms with E-state index < -0.39 is 0 Å². The number of rotatable bonds is 4. The SMILES string of the molecule is O=C(CC1CCN2C(=O)OCC2C1)Nc1ccc(-c2cccc(Cl)c2)cn1. The summed E-state index contributed by atoms with van der Waals surface area (Å²) in [5, 5.41) is 3.53. The number of hydrogen-bond acceptors (Lipinski definition) is 4. The normalized spacial score (nSPS) is 21.5. The smallest absolute Gasteiger partial charge is 0.410 e. The zero-order valence-electron chi connectivity index (χ0n) is 14.7. The van der Waals surface area contributed by atoms with E-state index in [1.54, 1.807) is 17.2 Å². The molecule has 140 valence electrons. The molecule has 2 amide bonds. The highest BCUT2D eigenvalue weighted by Crippen LogP contribution is 2.30. The van der Waals surface area contributed by atoms with E-state index in [0.29, 0.717) is 30.4 Å². The molecule has 2 aliphatic heterocycles. The van der Waals surface area contributed by atoms with Crippen LogP contribution in [-0.2, 0) is 9.53 Å². The van der Waals surface area contributed by atoms with Crippen molar-refractivity contribution in [3.05, 3.63) is 47.6 Å². The number of piperidine rings is 1. The maximum absolute atomic E-state index is 12.4. The number of cyclic esters (lactones) is 1. The van der Waals surface area contributed by atoms with Crippen LogP contribution in [0.25, 0.3) is 11.1 Å². The number of pyridine rings is 1. The van der Waals surface area contributed by atoms with Crippen molar-refractivity contribution < 1.29 is 14.3 Å². The van der Waals surface area contributed by atoms with E-state index in [2.05, 4.69) is 10.3 Å². The van der Waals surface area contributed by atoms with Gasteiger partial charge in [0.2, 0.25) is 5.91 Å². The van der Waals surface area contributed by atoms with Crippen molar-refractivity contribution in [2.75, 3.05) is 18.5 Å². The van der Waals surface area contributed by atoms with Gasteiger partial charge in [-0.05, 0) is 48.6 Å². The monoisotopic (exact) mass is 385 g/mol. The molecular weight excluding hydrogens is 366 g/mol. The molecule has 1 aromatic heterocycles. The Hall–Kier alpha value is -2.60. The van der Waals surface area contributed by atoms with E-state index in [4.69, 9.17) is 16.3 Å². The van der Waals surface area contributed by atoms with Gasteiger partial charge in [0.1, 0.15) is 12.4 Å². The first-order valence-electron chi connectivity index (χ1n) is 9.04. The summed E-state index contributed by atoms with van der Waals surface area (Å²) >= 11 is 6.02. The first-order chi connectivity index (χ1) is 13.1. The second-order valence-electron chi connectivity index (χ2n) is 7.01. The Kier molecular flexibility index (Phi) is 4.99. The summed E-state index contributed by atoms with van der Waals surface area (Å²) in [5.74, 6) is 0.732. The number of hydrogen-bond donors (Lipinski definition) is 1. The summed E-state index contributed by atoms with van der Waals surface area (Å²) in [6.45, 7) is 1.09. The van der Waals surface area contributed by atoms with Crippen LogP contribution < -0.4 is 5.32 Å². The van der Waals surface area contributed by atoms with E-state index in [9.17, 15) is 9.59 Å². The molecule has 2 unspecified atom stereocenters. The topological polar surface area (TPSA) is 71.5 Å². The van der Waals surface area contributed by atoms with E-state index in [1.165, 1.54) is 0 Å². The quantitative estimate of drug-likeness (QED) is 0.864. The first kappa shape index (κ1) is 17.8. The second-order valence-corrected chi connectivity index (χ2v) is 7.45. The van der Waals surface area contributed by atoms with Gasteiger partial charge in [0, 0.05) is 29.7 Å². The lowest BCUT2D eigenvalue weighted by Crippen LogP contribution is -2.41. The molecule has 2 saturated heterocycles. The van der Waals surface area contributed by atoms with Crippen LogP contribution in [0.2, 0.25) is 5.02 Å². The Morgan fingerprint density at radius 1 is 1.30 bits per heavy atom. The lowest BCUT2D eigenvalue weighted by molar-refractivity contribution is -0.117. The fourth-order valence-electron chi connectivity index (χ4n) is 3.73. The molecule has 0 bridgehead atoms. The van der Waals surface area contributed by atoms with Crippen LogP contribution in [0.4, 0.5) is 10.6 Å². The lowest BCUT2D eigenvalue weighted by atomic mass is 9.89. The number of anilines is 1. The molecule has 0 radical (unpaired) electrons. The van der Waals surface area contributed by atoms with Crippen LogP contribution in [0.15, 0.2) is 42.6 Å². The van der Waals surface area contributed by atoms with Crippen molar-refractivity contribution in [2.45, 2.75) is 25.3 Å². The maximum Gasteiger partial charge on any atom is 0.410 e. The minimum absolute atomic E-state index is 0.0540. The van der Waals surface area contributed by atoms with E-state index in [1.807, 2.05) is 30.3 Å².